The average molecular weight is 236 g/mol. The van der Waals surface area contributed by atoms with Crippen LogP contribution in [0.2, 0.25) is 0 Å². The number of rotatable bonds is 5. The van der Waals surface area contributed by atoms with Crippen LogP contribution < -0.4 is 5.30 Å². The van der Waals surface area contributed by atoms with Crippen LogP contribution in [0.25, 0.3) is 0 Å². The van der Waals surface area contributed by atoms with E-state index in [0.717, 1.165) is 11.8 Å². The third-order valence-corrected chi connectivity index (χ3v) is 5.94. The first-order chi connectivity index (χ1) is 7.49. The van der Waals surface area contributed by atoms with Crippen molar-refractivity contribution in [2.24, 2.45) is 11.8 Å². The molecule has 0 bridgehead atoms. The maximum Gasteiger partial charge on any atom is -0.0240 e. The highest BCUT2D eigenvalue weighted by Gasteiger charge is 2.14. The first-order valence-corrected chi connectivity index (χ1v) is 8.02. The fourth-order valence-electron chi connectivity index (χ4n) is 1.92. The summed E-state index contributed by atoms with van der Waals surface area (Å²) in [6, 6.07) is 9.19. The molecule has 0 heterocycles. The zero-order chi connectivity index (χ0) is 12.1. The molecule has 0 aliphatic heterocycles. The molecule has 90 valence electrons. The molecule has 0 saturated heterocycles. The maximum absolute atomic E-state index is 2.34. The van der Waals surface area contributed by atoms with Crippen molar-refractivity contribution >= 4 is 13.2 Å². The van der Waals surface area contributed by atoms with Crippen molar-refractivity contribution < 1.29 is 0 Å². The minimum absolute atomic E-state index is 0.0529. The molecular formula is C15H25P. The Labute approximate surface area is 102 Å². The molecule has 1 heteroatoms. The first kappa shape index (κ1) is 13.7. The van der Waals surface area contributed by atoms with Crippen LogP contribution in [-0.2, 0) is 0 Å². The van der Waals surface area contributed by atoms with Crippen LogP contribution in [0.15, 0.2) is 24.3 Å². The Balaban J connectivity index is 2.78. The van der Waals surface area contributed by atoms with Crippen molar-refractivity contribution in [3.8, 4) is 0 Å². The van der Waals surface area contributed by atoms with E-state index >= 15 is 0 Å². The Morgan fingerprint density at radius 3 is 1.69 bits per heavy atom. The van der Waals surface area contributed by atoms with E-state index in [2.05, 4.69) is 58.9 Å². The molecule has 0 atom stereocenters. The molecule has 0 saturated carbocycles. The Morgan fingerprint density at radius 2 is 1.31 bits per heavy atom. The van der Waals surface area contributed by atoms with Crippen LogP contribution in [0.1, 0.15) is 33.3 Å². The summed E-state index contributed by atoms with van der Waals surface area (Å²) in [4.78, 5) is 0. The molecule has 0 spiro atoms. The molecule has 0 N–H and O–H groups in total. The molecule has 0 nitrogen and oxygen atoms in total. The fourth-order valence-corrected chi connectivity index (χ4v) is 4.83. The van der Waals surface area contributed by atoms with Gasteiger partial charge in [0.15, 0.2) is 0 Å². The standard InChI is InChI=1S/C15H25P/c1-12(2)10-16(11-13(3)4)15-8-6-14(5)7-9-15/h6-9,12-13H,10-11H2,1-5H3. The van der Waals surface area contributed by atoms with Gasteiger partial charge in [-0.15, -0.1) is 0 Å². The van der Waals surface area contributed by atoms with Crippen LogP contribution in [0.4, 0.5) is 0 Å². The van der Waals surface area contributed by atoms with Gasteiger partial charge in [0, 0.05) is 0 Å². The van der Waals surface area contributed by atoms with Gasteiger partial charge in [-0.1, -0.05) is 65.4 Å². The lowest BCUT2D eigenvalue weighted by Crippen LogP contribution is -2.12. The largest absolute Gasteiger partial charge is 0.0748 e. The fraction of sp³-hybridized carbons (Fsp3) is 0.600. The van der Waals surface area contributed by atoms with Crippen molar-refractivity contribution in [2.45, 2.75) is 34.6 Å². The predicted molar refractivity (Wildman–Crippen MR) is 77.1 cm³/mol. The van der Waals surface area contributed by atoms with Gasteiger partial charge < -0.3 is 0 Å². The molecule has 0 amide bonds. The minimum atomic E-state index is 0.0529. The summed E-state index contributed by atoms with van der Waals surface area (Å²) >= 11 is 0. The third-order valence-electron chi connectivity index (χ3n) is 2.57. The molecule has 0 unspecified atom stereocenters. The lowest BCUT2D eigenvalue weighted by Gasteiger charge is -2.22. The summed E-state index contributed by atoms with van der Waals surface area (Å²) in [6.45, 7) is 11.5. The minimum Gasteiger partial charge on any atom is -0.0748 e. The van der Waals surface area contributed by atoms with E-state index in [0.29, 0.717) is 0 Å². The summed E-state index contributed by atoms with van der Waals surface area (Å²) in [5.41, 5.74) is 1.37. The first-order valence-electron chi connectivity index (χ1n) is 6.30. The zero-order valence-corrected chi connectivity index (χ0v) is 12.2. The molecule has 0 fully saturated rings. The van der Waals surface area contributed by atoms with Crippen LogP contribution in [0, 0.1) is 18.8 Å². The highest BCUT2D eigenvalue weighted by Crippen LogP contribution is 2.38. The average Bonchev–Trinajstić information content (AvgIpc) is 2.16. The second-order valence-electron chi connectivity index (χ2n) is 5.53. The van der Waals surface area contributed by atoms with Gasteiger partial charge >= 0.3 is 0 Å². The SMILES string of the molecule is Cc1ccc(P(CC(C)C)CC(C)C)cc1. The van der Waals surface area contributed by atoms with E-state index in [1.165, 1.54) is 17.9 Å². The number of hydrogen-bond acceptors (Lipinski definition) is 0. The highest BCUT2D eigenvalue weighted by molar-refractivity contribution is 7.65. The molecule has 16 heavy (non-hydrogen) atoms. The lowest BCUT2D eigenvalue weighted by molar-refractivity contribution is 0.721. The van der Waals surface area contributed by atoms with Crippen LogP contribution in [-0.4, -0.2) is 12.3 Å². The van der Waals surface area contributed by atoms with Gasteiger partial charge in [-0.3, -0.25) is 0 Å². The van der Waals surface area contributed by atoms with Crippen molar-refractivity contribution in [3.05, 3.63) is 29.8 Å². The Hall–Kier alpha value is -0.350. The third kappa shape index (κ3) is 4.66. The van der Waals surface area contributed by atoms with Crippen molar-refractivity contribution in [2.75, 3.05) is 12.3 Å². The number of hydrogen-bond donors (Lipinski definition) is 0. The maximum atomic E-state index is 2.34. The molecule has 0 aliphatic rings. The van der Waals surface area contributed by atoms with Gasteiger partial charge in [-0.05, 0) is 36.4 Å². The molecule has 1 aromatic rings. The second-order valence-corrected chi connectivity index (χ2v) is 7.85. The van der Waals surface area contributed by atoms with Crippen molar-refractivity contribution in [3.63, 3.8) is 0 Å². The Morgan fingerprint density at radius 1 is 0.875 bits per heavy atom. The van der Waals surface area contributed by atoms with Gasteiger partial charge in [0.25, 0.3) is 0 Å². The zero-order valence-electron chi connectivity index (χ0n) is 11.3. The van der Waals surface area contributed by atoms with E-state index in [1.54, 1.807) is 5.30 Å². The normalized spacial score (nSPS) is 11.8. The Bertz CT molecular complexity index is 288. The van der Waals surface area contributed by atoms with E-state index in [-0.39, 0.29) is 7.92 Å². The lowest BCUT2D eigenvalue weighted by atomic mass is 10.2. The Kier molecular flexibility index (Phi) is 5.49. The van der Waals surface area contributed by atoms with Gasteiger partial charge in [-0.25, -0.2) is 0 Å². The monoisotopic (exact) mass is 236 g/mol. The topological polar surface area (TPSA) is 0 Å². The molecule has 0 aromatic heterocycles. The summed E-state index contributed by atoms with van der Waals surface area (Å²) in [7, 11) is 0.0529. The predicted octanol–water partition coefficient (Wildman–Crippen LogP) is 4.41. The number of benzene rings is 1. The smallest absolute Gasteiger partial charge is 0.0240 e. The van der Waals surface area contributed by atoms with Crippen molar-refractivity contribution in [1.29, 1.82) is 0 Å². The molecule has 0 aliphatic carbocycles. The summed E-state index contributed by atoms with van der Waals surface area (Å²) in [5, 5.41) is 1.59. The van der Waals surface area contributed by atoms with Crippen molar-refractivity contribution in [1.82, 2.24) is 0 Å². The summed E-state index contributed by atoms with van der Waals surface area (Å²) < 4.78 is 0. The van der Waals surface area contributed by atoms with Gasteiger partial charge in [-0.2, -0.15) is 0 Å². The van der Waals surface area contributed by atoms with Gasteiger partial charge in [0.2, 0.25) is 0 Å². The van der Waals surface area contributed by atoms with Crippen LogP contribution in [0.5, 0.6) is 0 Å². The second kappa shape index (κ2) is 6.40. The summed E-state index contributed by atoms with van der Waals surface area (Å²) in [5.74, 6) is 1.62. The molecule has 1 aromatic carbocycles. The van der Waals surface area contributed by atoms with Crippen LogP contribution >= 0.6 is 7.92 Å². The van der Waals surface area contributed by atoms with E-state index < -0.39 is 0 Å². The molecule has 1 rings (SSSR count). The molecular weight excluding hydrogens is 211 g/mol. The van der Waals surface area contributed by atoms with E-state index in [4.69, 9.17) is 0 Å². The molecule has 0 radical (unpaired) electrons. The van der Waals surface area contributed by atoms with Gasteiger partial charge in [0.05, 0.1) is 0 Å². The van der Waals surface area contributed by atoms with E-state index in [1.807, 2.05) is 0 Å². The van der Waals surface area contributed by atoms with Crippen LogP contribution in [0.3, 0.4) is 0 Å². The van der Waals surface area contributed by atoms with E-state index in [9.17, 15) is 0 Å². The van der Waals surface area contributed by atoms with Gasteiger partial charge in [0.1, 0.15) is 0 Å². The summed E-state index contributed by atoms with van der Waals surface area (Å²) in [6.07, 6.45) is 2.74. The highest BCUT2D eigenvalue weighted by atomic mass is 31.1. The quantitative estimate of drug-likeness (QED) is 0.664. The number of aryl methyl sites for hydroxylation is 1.